The molecule has 1 aliphatic rings. The Morgan fingerprint density at radius 2 is 1.74 bits per heavy atom. The monoisotopic (exact) mass is 529 g/mol. The molecule has 2 aromatic heterocycles. The topological polar surface area (TPSA) is 125 Å². The molecule has 1 fully saturated rings. The molecule has 0 bridgehead atoms. The minimum absolute atomic E-state index is 0.149. The van der Waals surface area contributed by atoms with E-state index in [9.17, 15) is 19.8 Å². The number of furan rings is 1. The lowest BCUT2D eigenvalue weighted by Gasteiger charge is -2.26. The maximum atomic E-state index is 11.6. The van der Waals surface area contributed by atoms with Crippen LogP contribution in [0.15, 0.2) is 83.4 Å². The molecule has 9 nitrogen and oxygen atoms in total. The van der Waals surface area contributed by atoms with Gasteiger partial charge in [-0.3, -0.25) is 4.98 Å². The minimum Gasteiger partial charge on any atom is -0.494 e. The van der Waals surface area contributed by atoms with Crippen molar-refractivity contribution < 1.29 is 29.0 Å². The van der Waals surface area contributed by atoms with E-state index < -0.39 is 18.0 Å². The summed E-state index contributed by atoms with van der Waals surface area (Å²) < 4.78 is 11.8. The minimum atomic E-state index is -1.23. The number of carboxylic acid groups (broad SMARTS) is 2. The first-order valence-corrected chi connectivity index (χ1v) is 12.2. The Balaban J connectivity index is 1.58. The second kappa shape index (κ2) is 10.3. The van der Waals surface area contributed by atoms with Crippen LogP contribution in [0.1, 0.15) is 51.2 Å². The van der Waals surface area contributed by atoms with Crippen LogP contribution in [-0.2, 0) is 0 Å². The van der Waals surface area contributed by atoms with Gasteiger partial charge in [-0.05, 0) is 85.9 Å². The lowest BCUT2D eigenvalue weighted by Crippen LogP contribution is -2.29. The number of thiocarbonyl (C=S) groups is 1. The number of aromatic nitrogens is 1. The summed E-state index contributed by atoms with van der Waals surface area (Å²) in [7, 11) is 0. The van der Waals surface area contributed by atoms with E-state index in [1.807, 2.05) is 54.3 Å². The largest absolute Gasteiger partial charge is 0.494 e. The van der Waals surface area contributed by atoms with Crippen LogP contribution in [0.25, 0.3) is 11.3 Å². The average Bonchev–Trinajstić information content (AvgIpc) is 3.54. The van der Waals surface area contributed by atoms with Gasteiger partial charge in [0.1, 0.15) is 23.3 Å². The van der Waals surface area contributed by atoms with E-state index in [1.54, 1.807) is 18.3 Å². The summed E-state index contributed by atoms with van der Waals surface area (Å²) in [5.74, 6) is -0.865. The number of anilines is 1. The summed E-state index contributed by atoms with van der Waals surface area (Å²) >= 11 is 5.74. The highest BCUT2D eigenvalue weighted by atomic mass is 32.1. The standard InChI is InChI=1S/C28H23N3O6S/c1-2-36-20-8-6-19(7-9-20)31-25(24(30-28(31)38)21-5-3-4-12-29-21)23-11-10-22(37-23)16-13-17(26(32)33)15-18(14-16)27(34)35/h3-15,24-25H,2H2,1H3,(H,30,38)(H,32,33)(H,34,35)/t24-,25-/m1/s1. The molecular formula is C28H23N3O6S. The molecule has 0 aliphatic carbocycles. The normalized spacial score (nSPS) is 16.8. The summed E-state index contributed by atoms with van der Waals surface area (Å²) in [6, 6.07) is 19.7. The maximum absolute atomic E-state index is 11.6. The van der Waals surface area contributed by atoms with Gasteiger partial charge in [-0.25, -0.2) is 9.59 Å². The van der Waals surface area contributed by atoms with E-state index in [1.165, 1.54) is 12.1 Å². The molecule has 0 saturated carbocycles. The number of hydrogen-bond donors (Lipinski definition) is 3. The summed E-state index contributed by atoms with van der Waals surface area (Å²) in [4.78, 5) is 29.7. The van der Waals surface area contributed by atoms with E-state index in [-0.39, 0.29) is 17.2 Å². The highest BCUT2D eigenvalue weighted by Crippen LogP contribution is 2.43. The second-order valence-electron chi connectivity index (χ2n) is 8.53. The zero-order chi connectivity index (χ0) is 26.8. The Bertz CT molecular complexity index is 1470. The maximum Gasteiger partial charge on any atom is 0.335 e. The first kappa shape index (κ1) is 25.0. The number of aromatic carboxylic acids is 2. The smallest absolute Gasteiger partial charge is 0.335 e. The summed E-state index contributed by atoms with van der Waals surface area (Å²) in [6.07, 6.45) is 1.70. The molecule has 3 N–H and O–H groups in total. The molecule has 1 aliphatic heterocycles. The van der Waals surface area contributed by atoms with Crippen molar-refractivity contribution in [2.75, 3.05) is 11.5 Å². The predicted molar refractivity (Wildman–Crippen MR) is 144 cm³/mol. The zero-order valence-corrected chi connectivity index (χ0v) is 21.0. The van der Waals surface area contributed by atoms with Crippen molar-refractivity contribution in [2.24, 2.45) is 0 Å². The third-order valence-corrected chi connectivity index (χ3v) is 6.47. The number of carbonyl (C=O) groups is 2. The first-order chi connectivity index (χ1) is 18.4. The Hall–Kier alpha value is -4.70. The van der Waals surface area contributed by atoms with E-state index in [0.29, 0.717) is 28.8 Å². The number of hydrogen-bond acceptors (Lipinski definition) is 6. The van der Waals surface area contributed by atoms with Gasteiger partial charge >= 0.3 is 11.9 Å². The molecule has 38 heavy (non-hydrogen) atoms. The number of nitrogens with zero attached hydrogens (tertiary/aromatic N) is 2. The van der Waals surface area contributed by atoms with Crippen LogP contribution in [0.3, 0.4) is 0 Å². The molecule has 10 heteroatoms. The summed E-state index contributed by atoms with van der Waals surface area (Å²) in [5, 5.41) is 22.8. The highest BCUT2D eigenvalue weighted by Gasteiger charge is 2.42. The molecule has 3 heterocycles. The molecule has 5 rings (SSSR count). The molecule has 192 valence electrons. The van der Waals surface area contributed by atoms with Gasteiger partial charge in [0.15, 0.2) is 5.11 Å². The lowest BCUT2D eigenvalue weighted by atomic mass is 10.0. The Morgan fingerprint density at radius 3 is 2.34 bits per heavy atom. The van der Waals surface area contributed by atoms with Crippen molar-refractivity contribution in [3.05, 3.63) is 102 Å². The predicted octanol–water partition coefficient (Wildman–Crippen LogP) is 5.31. The van der Waals surface area contributed by atoms with Crippen molar-refractivity contribution in [2.45, 2.75) is 19.0 Å². The van der Waals surface area contributed by atoms with E-state index >= 15 is 0 Å². The van der Waals surface area contributed by atoms with Crippen LogP contribution >= 0.6 is 12.2 Å². The molecule has 1 saturated heterocycles. The number of rotatable bonds is 8. The number of nitrogens with one attached hydrogen (secondary N) is 1. The SMILES string of the molecule is CCOc1ccc(N2C(=S)N[C@H](c3ccccn3)[C@H]2c2ccc(-c3cc(C(=O)O)cc(C(=O)O)c3)o2)cc1. The Labute approximate surface area is 223 Å². The van der Waals surface area contributed by atoms with Crippen molar-refractivity contribution >= 4 is 35.0 Å². The number of carboxylic acids is 2. The van der Waals surface area contributed by atoms with Crippen LogP contribution in [0, 0.1) is 0 Å². The third-order valence-electron chi connectivity index (χ3n) is 6.15. The van der Waals surface area contributed by atoms with Crippen LogP contribution in [0.2, 0.25) is 0 Å². The van der Waals surface area contributed by atoms with E-state index in [0.717, 1.165) is 23.2 Å². The number of ether oxygens (including phenoxy) is 1. The third kappa shape index (κ3) is 4.81. The van der Waals surface area contributed by atoms with Gasteiger partial charge in [0.05, 0.1) is 29.5 Å². The quantitative estimate of drug-likeness (QED) is 0.258. The van der Waals surface area contributed by atoms with Crippen molar-refractivity contribution in [1.29, 1.82) is 0 Å². The molecule has 2 aromatic carbocycles. The fraction of sp³-hybridized carbons (Fsp3) is 0.143. The van der Waals surface area contributed by atoms with Gasteiger partial charge in [-0.2, -0.15) is 0 Å². The average molecular weight is 530 g/mol. The van der Waals surface area contributed by atoms with Crippen LogP contribution in [0.4, 0.5) is 5.69 Å². The van der Waals surface area contributed by atoms with Gasteiger partial charge in [-0.1, -0.05) is 6.07 Å². The van der Waals surface area contributed by atoms with E-state index in [4.69, 9.17) is 21.4 Å². The molecular weight excluding hydrogens is 506 g/mol. The van der Waals surface area contributed by atoms with Gasteiger partial charge in [0, 0.05) is 17.4 Å². The van der Waals surface area contributed by atoms with Gasteiger partial charge in [0.25, 0.3) is 0 Å². The fourth-order valence-corrected chi connectivity index (χ4v) is 4.82. The zero-order valence-electron chi connectivity index (χ0n) is 20.2. The van der Waals surface area contributed by atoms with Gasteiger partial charge in [-0.15, -0.1) is 0 Å². The molecule has 0 amide bonds. The molecule has 4 aromatic rings. The second-order valence-corrected chi connectivity index (χ2v) is 8.92. The number of pyridine rings is 1. The lowest BCUT2D eigenvalue weighted by molar-refractivity contribution is 0.0696. The highest BCUT2D eigenvalue weighted by molar-refractivity contribution is 7.80. The summed E-state index contributed by atoms with van der Waals surface area (Å²) in [6.45, 7) is 2.47. The van der Waals surface area contributed by atoms with Gasteiger partial charge in [0.2, 0.25) is 0 Å². The molecule has 2 atom stereocenters. The number of benzene rings is 2. The van der Waals surface area contributed by atoms with Crippen molar-refractivity contribution in [1.82, 2.24) is 10.3 Å². The summed E-state index contributed by atoms with van der Waals surface area (Å²) in [5.41, 5.74) is 1.61. The Morgan fingerprint density at radius 1 is 1.03 bits per heavy atom. The molecule has 0 spiro atoms. The fourth-order valence-electron chi connectivity index (χ4n) is 4.48. The first-order valence-electron chi connectivity index (χ1n) is 11.8. The van der Waals surface area contributed by atoms with Crippen LogP contribution in [0.5, 0.6) is 5.75 Å². The van der Waals surface area contributed by atoms with Crippen molar-refractivity contribution in [3.8, 4) is 17.1 Å². The molecule has 0 radical (unpaired) electrons. The van der Waals surface area contributed by atoms with Crippen LogP contribution in [-0.4, -0.2) is 38.9 Å². The van der Waals surface area contributed by atoms with Gasteiger partial charge < -0.3 is 29.6 Å². The van der Waals surface area contributed by atoms with Crippen LogP contribution < -0.4 is 15.0 Å². The van der Waals surface area contributed by atoms with Crippen molar-refractivity contribution in [3.63, 3.8) is 0 Å². The van der Waals surface area contributed by atoms with E-state index in [2.05, 4.69) is 10.3 Å². The Kier molecular flexibility index (Phi) is 6.80. The molecule has 0 unspecified atom stereocenters.